The van der Waals surface area contributed by atoms with Crippen molar-refractivity contribution in [2.75, 3.05) is 19.6 Å². The van der Waals surface area contributed by atoms with Gasteiger partial charge in [-0.05, 0) is 106 Å². The zero-order valence-electron chi connectivity index (χ0n) is 23.6. The molecule has 2 atom stereocenters. The number of hydrogen-bond donors (Lipinski definition) is 2. The molecule has 0 radical (unpaired) electrons. The summed E-state index contributed by atoms with van der Waals surface area (Å²) < 4.78 is 0. The smallest absolute Gasteiger partial charge is 0.253 e. The molecule has 6 nitrogen and oxygen atoms in total. The summed E-state index contributed by atoms with van der Waals surface area (Å²) in [4.78, 5) is 42.1. The molecule has 212 valence electrons. The molecule has 5 fully saturated rings. The van der Waals surface area contributed by atoms with Crippen molar-refractivity contribution in [3.63, 3.8) is 0 Å². The van der Waals surface area contributed by atoms with Gasteiger partial charge in [-0.3, -0.25) is 14.4 Å². The number of carbonyl (C=O) groups excluding carboxylic acids is 3. The van der Waals surface area contributed by atoms with Gasteiger partial charge in [-0.25, -0.2) is 0 Å². The van der Waals surface area contributed by atoms with Crippen molar-refractivity contribution < 1.29 is 14.4 Å². The summed E-state index contributed by atoms with van der Waals surface area (Å²) in [5, 5.41) is 6.49. The maximum atomic E-state index is 13.7. The SMILES string of the molecule is O=C(c1ccc(CNC(=O)C23CC4CC(CC(C(=O)NCCCc5ccccc5)(C4)C2)C3)cc1)N1CCCCC1. The molecular weight excluding hydrogens is 498 g/mol. The minimum atomic E-state index is -0.435. The summed E-state index contributed by atoms with van der Waals surface area (Å²) in [5.74, 6) is 1.30. The number of rotatable bonds is 9. The van der Waals surface area contributed by atoms with E-state index in [9.17, 15) is 14.4 Å². The van der Waals surface area contributed by atoms with Crippen molar-refractivity contribution in [3.05, 3.63) is 71.3 Å². The first-order chi connectivity index (χ1) is 19.4. The number of piperidine rings is 1. The minimum absolute atomic E-state index is 0.104. The second-order valence-electron chi connectivity index (χ2n) is 13.1. The van der Waals surface area contributed by atoms with Gasteiger partial charge in [0.2, 0.25) is 11.8 Å². The van der Waals surface area contributed by atoms with Crippen LogP contribution in [0.5, 0.6) is 0 Å². The Kier molecular flexibility index (Phi) is 7.69. The lowest BCUT2D eigenvalue weighted by atomic mass is 9.43. The van der Waals surface area contributed by atoms with Gasteiger partial charge >= 0.3 is 0 Å². The van der Waals surface area contributed by atoms with Gasteiger partial charge in [0.25, 0.3) is 5.91 Å². The van der Waals surface area contributed by atoms with Crippen molar-refractivity contribution >= 4 is 17.7 Å². The molecule has 40 heavy (non-hydrogen) atoms. The van der Waals surface area contributed by atoms with Crippen molar-refractivity contribution in [2.45, 2.75) is 77.2 Å². The second-order valence-corrected chi connectivity index (χ2v) is 13.1. The van der Waals surface area contributed by atoms with Crippen LogP contribution in [0.4, 0.5) is 0 Å². The molecule has 7 rings (SSSR count). The minimum Gasteiger partial charge on any atom is -0.356 e. The fraction of sp³-hybridized carbons (Fsp3) is 0.559. The molecule has 4 aliphatic carbocycles. The maximum Gasteiger partial charge on any atom is 0.253 e. The molecule has 4 saturated carbocycles. The van der Waals surface area contributed by atoms with Gasteiger partial charge < -0.3 is 15.5 Å². The number of nitrogens with zero attached hydrogens (tertiary/aromatic N) is 1. The molecule has 1 saturated heterocycles. The van der Waals surface area contributed by atoms with E-state index in [-0.39, 0.29) is 17.7 Å². The third-order valence-electron chi connectivity index (χ3n) is 10.1. The predicted octanol–water partition coefficient (Wildman–Crippen LogP) is 5.26. The summed E-state index contributed by atoms with van der Waals surface area (Å²) >= 11 is 0. The first kappa shape index (κ1) is 27.0. The lowest BCUT2D eigenvalue weighted by Gasteiger charge is -2.60. The normalized spacial score (nSPS) is 28.8. The predicted molar refractivity (Wildman–Crippen MR) is 155 cm³/mol. The van der Waals surface area contributed by atoms with Crippen molar-refractivity contribution in [2.24, 2.45) is 22.7 Å². The monoisotopic (exact) mass is 541 g/mol. The van der Waals surface area contributed by atoms with Gasteiger partial charge in [0.15, 0.2) is 0 Å². The average molecular weight is 542 g/mol. The zero-order valence-corrected chi connectivity index (χ0v) is 23.6. The molecule has 0 spiro atoms. The second kappa shape index (κ2) is 11.4. The highest BCUT2D eigenvalue weighted by molar-refractivity contribution is 5.94. The van der Waals surface area contributed by atoms with Crippen molar-refractivity contribution in [1.29, 1.82) is 0 Å². The molecule has 6 heteroatoms. The highest BCUT2D eigenvalue weighted by Gasteiger charge is 2.62. The fourth-order valence-electron chi connectivity index (χ4n) is 8.54. The fourth-order valence-corrected chi connectivity index (χ4v) is 8.54. The van der Waals surface area contributed by atoms with Gasteiger partial charge in [-0.2, -0.15) is 0 Å². The van der Waals surface area contributed by atoms with E-state index in [2.05, 4.69) is 34.9 Å². The lowest BCUT2D eigenvalue weighted by molar-refractivity contribution is -0.167. The molecule has 1 aliphatic heterocycles. The van der Waals surface area contributed by atoms with Crippen LogP contribution < -0.4 is 10.6 Å². The number of likely N-dealkylation sites (tertiary alicyclic amines) is 1. The van der Waals surface area contributed by atoms with Gasteiger partial charge in [-0.15, -0.1) is 0 Å². The first-order valence-electron chi connectivity index (χ1n) is 15.4. The quantitative estimate of drug-likeness (QED) is 0.425. The van der Waals surface area contributed by atoms with Crippen molar-refractivity contribution in [3.8, 4) is 0 Å². The Morgan fingerprint density at radius 3 is 2.02 bits per heavy atom. The molecule has 3 amide bonds. The number of hydrogen-bond acceptors (Lipinski definition) is 3. The third-order valence-corrected chi connectivity index (χ3v) is 10.1. The molecule has 1 heterocycles. The van der Waals surface area contributed by atoms with Crippen LogP contribution in [0.2, 0.25) is 0 Å². The zero-order chi connectivity index (χ0) is 27.6. The largest absolute Gasteiger partial charge is 0.356 e. The number of aryl methyl sites for hydroxylation is 1. The Morgan fingerprint density at radius 2 is 1.38 bits per heavy atom. The number of benzene rings is 2. The first-order valence-corrected chi connectivity index (χ1v) is 15.4. The molecule has 2 aromatic rings. The average Bonchev–Trinajstić information content (AvgIpc) is 2.98. The van der Waals surface area contributed by atoms with Crippen LogP contribution in [0.3, 0.4) is 0 Å². The van der Waals surface area contributed by atoms with E-state index in [1.807, 2.05) is 35.2 Å². The van der Waals surface area contributed by atoms with E-state index < -0.39 is 10.8 Å². The molecular formula is C34H43N3O3. The Labute approximate surface area is 238 Å². The van der Waals surface area contributed by atoms with E-state index in [0.29, 0.717) is 31.3 Å². The summed E-state index contributed by atoms with van der Waals surface area (Å²) in [6, 6.07) is 18.1. The Balaban J connectivity index is 1.04. The molecule has 0 aromatic heterocycles. The Morgan fingerprint density at radius 1 is 0.750 bits per heavy atom. The number of carbonyl (C=O) groups is 3. The molecule has 5 aliphatic rings. The molecule has 2 unspecified atom stereocenters. The van der Waals surface area contributed by atoms with Crippen LogP contribution in [0.1, 0.15) is 85.7 Å². The van der Waals surface area contributed by atoms with E-state index in [1.165, 1.54) is 12.0 Å². The topological polar surface area (TPSA) is 78.5 Å². The van der Waals surface area contributed by atoms with Crippen molar-refractivity contribution in [1.82, 2.24) is 15.5 Å². The van der Waals surface area contributed by atoms with Crippen LogP contribution in [0, 0.1) is 22.7 Å². The molecule has 2 N–H and O–H groups in total. The Hall–Kier alpha value is -3.15. The summed E-state index contributed by atoms with van der Waals surface area (Å²) in [7, 11) is 0. The highest BCUT2D eigenvalue weighted by atomic mass is 16.2. The van der Waals surface area contributed by atoms with Gasteiger partial charge in [0, 0.05) is 31.7 Å². The summed E-state index contributed by atoms with van der Waals surface area (Å²) in [5.41, 5.74) is 2.18. The van der Waals surface area contributed by atoms with Gasteiger partial charge in [-0.1, -0.05) is 42.5 Å². The van der Waals surface area contributed by atoms with E-state index in [4.69, 9.17) is 0 Å². The van der Waals surface area contributed by atoms with Crippen LogP contribution in [0.25, 0.3) is 0 Å². The summed E-state index contributed by atoms with van der Waals surface area (Å²) in [6.45, 7) is 2.81. The highest BCUT2D eigenvalue weighted by Crippen LogP contribution is 2.65. The van der Waals surface area contributed by atoms with Crippen LogP contribution in [-0.4, -0.2) is 42.3 Å². The van der Waals surface area contributed by atoms with E-state index in [0.717, 1.165) is 82.0 Å². The van der Waals surface area contributed by atoms with Crippen LogP contribution in [-0.2, 0) is 22.6 Å². The standard InChI is InChI=1S/C34H43N3O3/c38-30(37-16-5-2-6-17-37)29-13-11-26(12-14-29)23-36-32(40)34-21-27-18-28(22-34)20-33(19-27,24-34)31(39)35-15-7-10-25-8-3-1-4-9-25/h1,3-4,8-9,11-14,27-28H,2,5-7,10,15-24H2,(H,35,39)(H,36,40). The van der Waals surface area contributed by atoms with E-state index >= 15 is 0 Å². The van der Waals surface area contributed by atoms with E-state index in [1.54, 1.807) is 0 Å². The van der Waals surface area contributed by atoms with Crippen LogP contribution in [0.15, 0.2) is 54.6 Å². The number of amides is 3. The number of nitrogens with one attached hydrogen (secondary N) is 2. The van der Waals surface area contributed by atoms with Crippen LogP contribution >= 0.6 is 0 Å². The molecule has 4 bridgehead atoms. The third kappa shape index (κ3) is 5.55. The Bertz CT molecular complexity index is 1200. The maximum absolute atomic E-state index is 13.7. The van der Waals surface area contributed by atoms with Gasteiger partial charge in [0.05, 0.1) is 10.8 Å². The lowest BCUT2D eigenvalue weighted by Crippen LogP contribution is -2.61. The van der Waals surface area contributed by atoms with Gasteiger partial charge in [0.1, 0.15) is 0 Å². The summed E-state index contributed by atoms with van der Waals surface area (Å²) in [6.07, 6.45) is 10.7. The molecule has 2 aromatic carbocycles.